The molecular formula is C14H28N2O3S. The second-order valence-electron chi connectivity index (χ2n) is 5.91. The van der Waals surface area contributed by atoms with Gasteiger partial charge in [-0.1, -0.05) is 33.1 Å². The number of hydrogen-bond donors (Lipinski definition) is 2. The second kappa shape index (κ2) is 7.98. The molecule has 1 atom stereocenters. The molecule has 0 bridgehead atoms. The number of likely N-dealkylation sites (N-methyl/N-ethyl adjacent to an activating group) is 1. The van der Waals surface area contributed by atoms with Gasteiger partial charge in [-0.3, -0.25) is 4.79 Å². The van der Waals surface area contributed by atoms with Gasteiger partial charge in [-0.2, -0.15) is 0 Å². The van der Waals surface area contributed by atoms with E-state index in [0.29, 0.717) is 25.9 Å². The zero-order valence-electron chi connectivity index (χ0n) is 12.8. The van der Waals surface area contributed by atoms with Crippen LogP contribution in [0.5, 0.6) is 0 Å². The topological polar surface area (TPSA) is 75.3 Å². The summed E-state index contributed by atoms with van der Waals surface area (Å²) in [5.41, 5.74) is 0. The number of rotatable bonds is 7. The summed E-state index contributed by atoms with van der Waals surface area (Å²) in [6.45, 7) is 4.71. The van der Waals surface area contributed by atoms with Crippen LogP contribution in [0.4, 0.5) is 0 Å². The SMILES string of the molecule is CNCCNC(=O)C(C(C)C)S(=O)(=O)C1CCCCC1. The largest absolute Gasteiger partial charge is 0.354 e. The molecule has 0 saturated heterocycles. The van der Waals surface area contributed by atoms with E-state index in [9.17, 15) is 13.2 Å². The van der Waals surface area contributed by atoms with E-state index < -0.39 is 15.1 Å². The number of carbonyl (C=O) groups excluding carboxylic acids is 1. The summed E-state index contributed by atoms with van der Waals surface area (Å²) in [6, 6.07) is 0. The van der Waals surface area contributed by atoms with Crippen molar-refractivity contribution in [2.75, 3.05) is 20.1 Å². The molecule has 0 radical (unpaired) electrons. The first-order chi connectivity index (χ1) is 9.41. The van der Waals surface area contributed by atoms with Crippen molar-refractivity contribution in [3.8, 4) is 0 Å². The van der Waals surface area contributed by atoms with Crippen molar-refractivity contribution in [1.29, 1.82) is 0 Å². The molecule has 1 aliphatic carbocycles. The lowest BCUT2D eigenvalue weighted by Crippen LogP contribution is -2.48. The van der Waals surface area contributed by atoms with E-state index in [-0.39, 0.29) is 17.1 Å². The van der Waals surface area contributed by atoms with Gasteiger partial charge in [0, 0.05) is 13.1 Å². The fourth-order valence-corrected chi connectivity index (χ4v) is 5.39. The predicted molar refractivity (Wildman–Crippen MR) is 81.4 cm³/mol. The first-order valence-corrected chi connectivity index (χ1v) is 9.17. The van der Waals surface area contributed by atoms with Gasteiger partial charge in [0.05, 0.1) is 5.25 Å². The number of carbonyl (C=O) groups is 1. The quantitative estimate of drug-likeness (QED) is 0.691. The van der Waals surface area contributed by atoms with Crippen LogP contribution >= 0.6 is 0 Å². The third kappa shape index (κ3) is 4.45. The highest BCUT2D eigenvalue weighted by atomic mass is 32.2. The Hall–Kier alpha value is -0.620. The maximum absolute atomic E-state index is 12.7. The van der Waals surface area contributed by atoms with E-state index in [1.54, 1.807) is 7.05 Å². The molecule has 118 valence electrons. The third-order valence-electron chi connectivity index (χ3n) is 3.91. The molecule has 5 nitrogen and oxygen atoms in total. The van der Waals surface area contributed by atoms with Gasteiger partial charge in [0.25, 0.3) is 0 Å². The monoisotopic (exact) mass is 304 g/mol. The highest BCUT2D eigenvalue weighted by Crippen LogP contribution is 2.28. The third-order valence-corrected chi connectivity index (χ3v) is 6.78. The lowest BCUT2D eigenvalue weighted by molar-refractivity contribution is -0.121. The van der Waals surface area contributed by atoms with E-state index in [1.807, 2.05) is 13.8 Å². The Labute approximate surface area is 122 Å². The molecule has 1 aliphatic rings. The van der Waals surface area contributed by atoms with Gasteiger partial charge >= 0.3 is 0 Å². The van der Waals surface area contributed by atoms with Gasteiger partial charge in [0.15, 0.2) is 9.84 Å². The number of amides is 1. The van der Waals surface area contributed by atoms with Crippen LogP contribution in [0.2, 0.25) is 0 Å². The Morgan fingerprint density at radius 3 is 2.25 bits per heavy atom. The zero-order valence-corrected chi connectivity index (χ0v) is 13.6. The summed E-state index contributed by atoms with van der Waals surface area (Å²) >= 11 is 0. The lowest BCUT2D eigenvalue weighted by atomic mass is 10.0. The van der Waals surface area contributed by atoms with Gasteiger partial charge in [0.2, 0.25) is 5.91 Å². The van der Waals surface area contributed by atoms with E-state index >= 15 is 0 Å². The second-order valence-corrected chi connectivity index (χ2v) is 8.26. The van der Waals surface area contributed by atoms with Crippen LogP contribution in [0.25, 0.3) is 0 Å². The maximum Gasteiger partial charge on any atom is 0.238 e. The molecule has 2 N–H and O–H groups in total. The Kier molecular flexibility index (Phi) is 6.95. The van der Waals surface area contributed by atoms with E-state index in [2.05, 4.69) is 10.6 Å². The molecule has 1 saturated carbocycles. The van der Waals surface area contributed by atoms with Crippen LogP contribution in [-0.4, -0.2) is 45.0 Å². The minimum absolute atomic E-state index is 0.198. The van der Waals surface area contributed by atoms with Crippen LogP contribution in [0.15, 0.2) is 0 Å². The molecule has 0 spiro atoms. The summed E-state index contributed by atoms with van der Waals surface area (Å²) in [4.78, 5) is 12.2. The van der Waals surface area contributed by atoms with Crippen molar-refractivity contribution in [3.05, 3.63) is 0 Å². The number of hydrogen-bond acceptors (Lipinski definition) is 4. The molecular weight excluding hydrogens is 276 g/mol. The smallest absolute Gasteiger partial charge is 0.238 e. The van der Waals surface area contributed by atoms with Gasteiger partial charge in [-0.25, -0.2) is 8.42 Å². The molecule has 1 fully saturated rings. The van der Waals surface area contributed by atoms with Crippen molar-refractivity contribution in [1.82, 2.24) is 10.6 Å². The predicted octanol–water partition coefficient (Wildman–Crippen LogP) is 1.09. The Morgan fingerprint density at radius 2 is 1.75 bits per heavy atom. The van der Waals surface area contributed by atoms with Crippen molar-refractivity contribution >= 4 is 15.7 Å². The molecule has 1 amide bonds. The summed E-state index contributed by atoms with van der Waals surface area (Å²) in [6.07, 6.45) is 4.42. The zero-order chi connectivity index (χ0) is 15.2. The van der Waals surface area contributed by atoms with Gasteiger partial charge in [0.1, 0.15) is 5.25 Å². The minimum atomic E-state index is -3.39. The summed E-state index contributed by atoms with van der Waals surface area (Å²) in [5, 5.41) is 4.41. The summed E-state index contributed by atoms with van der Waals surface area (Å²) in [7, 11) is -1.60. The molecule has 1 unspecified atom stereocenters. The van der Waals surface area contributed by atoms with Crippen molar-refractivity contribution in [2.24, 2.45) is 5.92 Å². The van der Waals surface area contributed by atoms with Gasteiger partial charge < -0.3 is 10.6 Å². The van der Waals surface area contributed by atoms with Crippen molar-refractivity contribution in [3.63, 3.8) is 0 Å². The normalized spacial score (nSPS) is 19.0. The van der Waals surface area contributed by atoms with Crippen molar-refractivity contribution in [2.45, 2.75) is 56.5 Å². The highest BCUT2D eigenvalue weighted by molar-refractivity contribution is 7.93. The average Bonchev–Trinajstić information content (AvgIpc) is 2.39. The molecule has 6 heteroatoms. The van der Waals surface area contributed by atoms with E-state index in [0.717, 1.165) is 19.3 Å². The fourth-order valence-electron chi connectivity index (χ4n) is 2.84. The molecule has 0 aromatic heterocycles. The van der Waals surface area contributed by atoms with Crippen LogP contribution in [0.3, 0.4) is 0 Å². The molecule has 0 aromatic carbocycles. The number of sulfone groups is 1. The van der Waals surface area contributed by atoms with Crippen LogP contribution < -0.4 is 10.6 Å². The van der Waals surface area contributed by atoms with E-state index in [1.165, 1.54) is 0 Å². The van der Waals surface area contributed by atoms with Crippen LogP contribution in [0, 0.1) is 5.92 Å². The van der Waals surface area contributed by atoms with E-state index in [4.69, 9.17) is 0 Å². The first-order valence-electron chi connectivity index (χ1n) is 7.56. The molecule has 0 aliphatic heterocycles. The van der Waals surface area contributed by atoms with Crippen LogP contribution in [0.1, 0.15) is 46.0 Å². The first kappa shape index (κ1) is 17.4. The maximum atomic E-state index is 12.7. The molecule has 0 heterocycles. The number of nitrogens with one attached hydrogen (secondary N) is 2. The Balaban J connectivity index is 2.80. The summed E-state index contributed by atoms with van der Waals surface area (Å²) in [5.74, 6) is -0.544. The lowest BCUT2D eigenvalue weighted by Gasteiger charge is -2.28. The molecule has 20 heavy (non-hydrogen) atoms. The van der Waals surface area contributed by atoms with Crippen LogP contribution in [-0.2, 0) is 14.6 Å². The fraction of sp³-hybridized carbons (Fsp3) is 0.929. The summed E-state index contributed by atoms with van der Waals surface area (Å²) < 4.78 is 25.4. The average molecular weight is 304 g/mol. The molecule has 0 aromatic rings. The van der Waals surface area contributed by atoms with Crippen molar-refractivity contribution < 1.29 is 13.2 Å². The van der Waals surface area contributed by atoms with Gasteiger partial charge in [-0.05, 0) is 25.8 Å². The molecule has 1 rings (SSSR count). The Bertz CT molecular complexity index is 401. The minimum Gasteiger partial charge on any atom is -0.354 e. The highest BCUT2D eigenvalue weighted by Gasteiger charge is 2.40. The van der Waals surface area contributed by atoms with Gasteiger partial charge in [-0.15, -0.1) is 0 Å². The standard InChI is InChI=1S/C14H28N2O3S/c1-11(2)13(14(17)16-10-9-15-3)20(18,19)12-7-5-4-6-8-12/h11-13,15H,4-10H2,1-3H3,(H,16,17). The Morgan fingerprint density at radius 1 is 1.15 bits per heavy atom.